The minimum Gasteiger partial charge on any atom is -0.443 e. The van der Waals surface area contributed by atoms with Gasteiger partial charge in [-0.3, -0.25) is 4.68 Å². The first-order chi connectivity index (χ1) is 8.04. The van der Waals surface area contributed by atoms with E-state index in [1.165, 1.54) is 0 Å². The average Bonchev–Trinajstić information content (AvgIpc) is 2.85. The van der Waals surface area contributed by atoms with Gasteiger partial charge >= 0.3 is 0 Å². The monoisotopic (exact) mass is 254 g/mol. The fraction of sp³-hybridized carbons (Fsp3) is 0.455. The van der Waals surface area contributed by atoms with E-state index in [9.17, 15) is 0 Å². The van der Waals surface area contributed by atoms with E-state index in [-0.39, 0.29) is 6.04 Å². The van der Waals surface area contributed by atoms with Crippen LogP contribution in [0.4, 0.5) is 0 Å². The Morgan fingerprint density at radius 1 is 1.53 bits per heavy atom. The van der Waals surface area contributed by atoms with Crippen molar-refractivity contribution in [2.24, 2.45) is 5.73 Å². The van der Waals surface area contributed by atoms with Gasteiger partial charge in [-0.1, -0.05) is 11.6 Å². The van der Waals surface area contributed by atoms with Crippen molar-refractivity contribution in [2.45, 2.75) is 33.4 Å². The molecule has 2 rings (SSSR count). The van der Waals surface area contributed by atoms with Crippen LogP contribution in [0.2, 0.25) is 5.02 Å². The lowest BCUT2D eigenvalue weighted by Gasteiger charge is -2.08. The normalized spacial score (nSPS) is 11.4. The van der Waals surface area contributed by atoms with Crippen molar-refractivity contribution in [1.82, 2.24) is 14.8 Å². The molecule has 0 aliphatic rings. The SMILES string of the molecule is Cc1nn(C(C)C)c(-c2nc(CN)co2)c1Cl. The van der Waals surface area contributed by atoms with Crippen molar-refractivity contribution in [1.29, 1.82) is 0 Å². The highest BCUT2D eigenvalue weighted by Gasteiger charge is 2.21. The molecule has 0 saturated carbocycles. The lowest BCUT2D eigenvalue weighted by molar-refractivity contribution is 0.511. The molecule has 0 atom stereocenters. The van der Waals surface area contributed by atoms with Crippen LogP contribution in [0.1, 0.15) is 31.3 Å². The fourth-order valence-electron chi connectivity index (χ4n) is 1.60. The molecule has 0 bridgehead atoms. The summed E-state index contributed by atoms with van der Waals surface area (Å²) in [6.07, 6.45) is 1.54. The predicted molar refractivity (Wildman–Crippen MR) is 65.7 cm³/mol. The van der Waals surface area contributed by atoms with Crippen LogP contribution in [0.15, 0.2) is 10.7 Å². The van der Waals surface area contributed by atoms with Crippen molar-refractivity contribution in [3.63, 3.8) is 0 Å². The molecular formula is C11H15ClN4O. The number of aryl methyl sites for hydroxylation is 1. The minimum absolute atomic E-state index is 0.185. The first kappa shape index (κ1) is 12.1. The Kier molecular flexibility index (Phi) is 3.22. The van der Waals surface area contributed by atoms with E-state index >= 15 is 0 Å². The van der Waals surface area contributed by atoms with Crippen LogP contribution in [-0.4, -0.2) is 14.8 Å². The van der Waals surface area contributed by atoms with Crippen LogP contribution < -0.4 is 5.73 Å². The standard InChI is InChI=1S/C11H15ClN4O/c1-6(2)16-10(9(12)7(3)15-16)11-14-8(4-13)5-17-11/h5-6H,4,13H2,1-3H3. The van der Waals surface area contributed by atoms with E-state index in [0.29, 0.717) is 28.8 Å². The number of aromatic nitrogens is 3. The maximum atomic E-state index is 6.23. The van der Waals surface area contributed by atoms with Gasteiger partial charge < -0.3 is 10.2 Å². The third-order valence-corrected chi connectivity index (χ3v) is 2.92. The third kappa shape index (κ3) is 2.08. The molecule has 0 unspecified atom stereocenters. The van der Waals surface area contributed by atoms with Crippen molar-refractivity contribution in [3.05, 3.63) is 22.7 Å². The lowest BCUT2D eigenvalue weighted by atomic mass is 10.3. The van der Waals surface area contributed by atoms with E-state index in [1.54, 1.807) is 6.26 Å². The van der Waals surface area contributed by atoms with Gasteiger partial charge in [0, 0.05) is 12.6 Å². The quantitative estimate of drug-likeness (QED) is 0.914. The Balaban J connectivity index is 2.57. The third-order valence-electron chi connectivity index (χ3n) is 2.46. The number of rotatable bonds is 3. The summed E-state index contributed by atoms with van der Waals surface area (Å²) in [5, 5.41) is 4.95. The molecule has 92 valence electrons. The molecule has 0 amide bonds. The number of hydrogen-bond acceptors (Lipinski definition) is 4. The molecule has 6 heteroatoms. The zero-order valence-electron chi connectivity index (χ0n) is 10.1. The summed E-state index contributed by atoms with van der Waals surface area (Å²) in [6.45, 7) is 6.26. The van der Waals surface area contributed by atoms with Gasteiger partial charge in [0.2, 0.25) is 5.89 Å². The van der Waals surface area contributed by atoms with Gasteiger partial charge in [-0.05, 0) is 20.8 Å². The Labute approximate surface area is 105 Å². The average molecular weight is 255 g/mol. The second-order valence-corrected chi connectivity index (χ2v) is 4.51. The lowest BCUT2D eigenvalue weighted by Crippen LogP contribution is -2.05. The van der Waals surface area contributed by atoms with Gasteiger partial charge in [-0.2, -0.15) is 5.10 Å². The molecule has 0 aromatic carbocycles. The highest BCUT2D eigenvalue weighted by atomic mass is 35.5. The van der Waals surface area contributed by atoms with Gasteiger partial charge in [0.15, 0.2) is 0 Å². The number of halogens is 1. The number of nitrogens with zero attached hydrogens (tertiary/aromatic N) is 3. The van der Waals surface area contributed by atoms with Gasteiger partial charge in [0.1, 0.15) is 12.0 Å². The largest absolute Gasteiger partial charge is 0.443 e. The maximum Gasteiger partial charge on any atom is 0.246 e. The van der Waals surface area contributed by atoms with E-state index in [1.807, 2.05) is 25.5 Å². The van der Waals surface area contributed by atoms with Crippen molar-refractivity contribution < 1.29 is 4.42 Å². The summed E-state index contributed by atoms with van der Waals surface area (Å²) in [6, 6.07) is 0.185. The zero-order chi connectivity index (χ0) is 12.6. The number of hydrogen-bond donors (Lipinski definition) is 1. The summed E-state index contributed by atoms with van der Waals surface area (Å²) >= 11 is 6.23. The van der Waals surface area contributed by atoms with Crippen molar-refractivity contribution in [3.8, 4) is 11.6 Å². The van der Waals surface area contributed by atoms with Crippen molar-refractivity contribution >= 4 is 11.6 Å². The summed E-state index contributed by atoms with van der Waals surface area (Å²) in [5.41, 5.74) is 7.68. The summed E-state index contributed by atoms with van der Waals surface area (Å²) in [5.74, 6) is 0.463. The Hall–Kier alpha value is -1.33. The van der Waals surface area contributed by atoms with E-state index in [4.69, 9.17) is 21.8 Å². The predicted octanol–water partition coefficient (Wildman–Crippen LogP) is 2.54. The van der Waals surface area contributed by atoms with E-state index in [2.05, 4.69) is 10.1 Å². The molecule has 0 saturated heterocycles. The van der Waals surface area contributed by atoms with Crippen LogP contribution in [0.25, 0.3) is 11.6 Å². The van der Waals surface area contributed by atoms with Crippen molar-refractivity contribution in [2.75, 3.05) is 0 Å². The second kappa shape index (κ2) is 4.50. The molecule has 0 spiro atoms. The molecular weight excluding hydrogens is 240 g/mol. The Bertz CT molecular complexity index is 530. The molecule has 17 heavy (non-hydrogen) atoms. The van der Waals surface area contributed by atoms with Gasteiger partial charge in [-0.25, -0.2) is 4.98 Å². The summed E-state index contributed by atoms with van der Waals surface area (Å²) in [7, 11) is 0. The highest BCUT2D eigenvalue weighted by Crippen LogP contribution is 2.31. The van der Waals surface area contributed by atoms with E-state index < -0.39 is 0 Å². The zero-order valence-corrected chi connectivity index (χ0v) is 10.8. The van der Waals surface area contributed by atoms with Gasteiger partial charge in [-0.15, -0.1) is 0 Å². The van der Waals surface area contributed by atoms with Crippen LogP contribution >= 0.6 is 11.6 Å². The van der Waals surface area contributed by atoms with Gasteiger partial charge in [0.05, 0.1) is 16.4 Å². The van der Waals surface area contributed by atoms with Gasteiger partial charge in [0.25, 0.3) is 0 Å². The molecule has 2 aromatic heterocycles. The highest BCUT2D eigenvalue weighted by molar-refractivity contribution is 6.33. The maximum absolute atomic E-state index is 6.23. The Morgan fingerprint density at radius 2 is 2.24 bits per heavy atom. The molecule has 2 heterocycles. The first-order valence-corrected chi connectivity index (χ1v) is 5.81. The molecule has 2 aromatic rings. The topological polar surface area (TPSA) is 69.9 Å². The number of nitrogens with two attached hydrogens (primary N) is 1. The van der Waals surface area contributed by atoms with Crippen LogP contribution in [-0.2, 0) is 6.54 Å². The smallest absolute Gasteiger partial charge is 0.246 e. The summed E-state index contributed by atoms with van der Waals surface area (Å²) < 4.78 is 7.20. The first-order valence-electron chi connectivity index (χ1n) is 5.44. The van der Waals surface area contributed by atoms with Crippen LogP contribution in [0.5, 0.6) is 0 Å². The van der Waals surface area contributed by atoms with Crippen LogP contribution in [0.3, 0.4) is 0 Å². The molecule has 2 N–H and O–H groups in total. The molecule has 5 nitrogen and oxygen atoms in total. The molecule has 0 radical (unpaired) electrons. The van der Waals surface area contributed by atoms with Crippen LogP contribution in [0, 0.1) is 6.92 Å². The Morgan fingerprint density at radius 3 is 2.76 bits per heavy atom. The fourth-order valence-corrected chi connectivity index (χ4v) is 1.81. The molecule has 0 aliphatic heterocycles. The second-order valence-electron chi connectivity index (χ2n) is 4.13. The molecule has 0 aliphatic carbocycles. The number of oxazole rings is 1. The minimum atomic E-state index is 0.185. The van der Waals surface area contributed by atoms with E-state index in [0.717, 1.165) is 5.69 Å². The molecule has 0 fully saturated rings. The summed E-state index contributed by atoms with van der Waals surface area (Å²) in [4.78, 5) is 4.28.